The van der Waals surface area contributed by atoms with E-state index in [1.165, 1.54) is 0 Å². The molecule has 0 bridgehead atoms. The van der Waals surface area contributed by atoms with Crippen LogP contribution in [0.1, 0.15) is 25.3 Å². The Morgan fingerprint density at radius 1 is 1.29 bits per heavy atom. The molecule has 148 valence electrons. The summed E-state index contributed by atoms with van der Waals surface area (Å²) in [6.45, 7) is 5.17. The Bertz CT molecular complexity index is 1090. The van der Waals surface area contributed by atoms with Gasteiger partial charge in [0.1, 0.15) is 0 Å². The first-order chi connectivity index (χ1) is 13.2. The molecule has 1 amide bonds. The fourth-order valence-electron chi connectivity index (χ4n) is 2.07. The lowest BCUT2D eigenvalue weighted by molar-refractivity contribution is -0.118. The van der Waals surface area contributed by atoms with E-state index in [9.17, 15) is 13.2 Å². The summed E-state index contributed by atoms with van der Waals surface area (Å²) in [5.41, 5.74) is 1.81. The van der Waals surface area contributed by atoms with Crippen LogP contribution < -0.4 is 10.0 Å². The highest BCUT2D eigenvalue weighted by Gasteiger charge is 2.22. The number of aryl methyl sites for hydroxylation is 1. The van der Waals surface area contributed by atoms with E-state index in [0.717, 1.165) is 22.5 Å². The summed E-state index contributed by atoms with van der Waals surface area (Å²) < 4.78 is 31.9. The van der Waals surface area contributed by atoms with Crippen molar-refractivity contribution in [3.05, 3.63) is 35.7 Å². The molecule has 0 aliphatic rings. The molecule has 28 heavy (non-hydrogen) atoms. The van der Waals surface area contributed by atoms with Crippen molar-refractivity contribution >= 4 is 32.4 Å². The van der Waals surface area contributed by atoms with Gasteiger partial charge in [0.05, 0.1) is 6.54 Å². The molecule has 10 nitrogen and oxygen atoms in total. The number of carbonyl (C=O) groups is 1. The number of benzene rings is 1. The van der Waals surface area contributed by atoms with Crippen molar-refractivity contribution in [2.45, 2.75) is 31.7 Å². The highest BCUT2D eigenvalue weighted by atomic mass is 32.2. The number of hydrogen-bond donors (Lipinski definition) is 2. The average molecular weight is 422 g/mol. The molecule has 0 saturated carbocycles. The topological polar surface area (TPSA) is 140 Å². The van der Waals surface area contributed by atoms with E-state index in [-0.39, 0.29) is 33.7 Å². The second-order valence-electron chi connectivity index (χ2n) is 6.22. The molecular formula is C16H18N6O4S2. The van der Waals surface area contributed by atoms with E-state index in [1.54, 1.807) is 13.8 Å². The summed E-state index contributed by atoms with van der Waals surface area (Å²) in [7, 11) is -3.94. The number of aromatic nitrogens is 4. The Labute approximate surface area is 165 Å². The van der Waals surface area contributed by atoms with Crippen molar-refractivity contribution in [2.75, 3.05) is 5.32 Å². The summed E-state index contributed by atoms with van der Waals surface area (Å²) in [5.74, 6) is -0.0600. The molecule has 0 saturated heterocycles. The number of nitrogens with one attached hydrogen (secondary N) is 2. The van der Waals surface area contributed by atoms with Gasteiger partial charge in [-0.2, -0.15) is 9.71 Å². The summed E-state index contributed by atoms with van der Waals surface area (Å²) in [5, 5.41) is 13.8. The lowest BCUT2D eigenvalue weighted by Crippen LogP contribution is -2.23. The number of hydrogen-bond acceptors (Lipinski definition) is 9. The normalized spacial score (nSPS) is 11.7. The molecule has 1 aromatic carbocycles. The first-order valence-corrected chi connectivity index (χ1v) is 10.6. The smallest absolute Gasteiger partial charge is 0.270 e. The molecule has 3 rings (SSSR count). The van der Waals surface area contributed by atoms with Gasteiger partial charge >= 0.3 is 0 Å². The number of sulfonamides is 1. The van der Waals surface area contributed by atoms with Crippen molar-refractivity contribution in [1.82, 2.24) is 25.1 Å². The minimum Gasteiger partial charge on any atom is -0.338 e. The molecule has 0 aliphatic heterocycles. The number of rotatable bonds is 7. The van der Waals surface area contributed by atoms with Gasteiger partial charge in [-0.05, 0) is 13.0 Å². The van der Waals surface area contributed by atoms with Crippen LogP contribution in [0.4, 0.5) is 5.13 Å². The molecule has 3 aromatic rings. The Hall–Kier alpha value is -2.70. The van der Waals surface area contributed by atoms with E-state index < -0.39 is 10.0 Å². The Balaban J connectivity index is 1.66. The average Bonchev–Trinajstić information content (AvgIpc) is 3.30. The maximum Gasteiger partial charge on any atom is 0.270 e. The molecule has 0 fully saturated rings. The van der Waals surface area contributed by atoms with Crippen molar-refractivity contribution < 1.29 is 17.7 Å². The summed E-state index contributed by atoms with van der Waals surface area (Å²) in [6, 6.07) is 7.54. The SMILES string of the molecule is Cc1cccc(-c2noc(CNS(=O)(=O)c3nnc(NC(=O)C(C)C)s3)n2)c1. The van der Waals surface area contributed by atoms with Crippen LogP contribution >= 0.6 is 11.3 Å². The van der Waals surface area contributed by atoms with Crippen molar-refractivity contribution in [1.29, 1.82) is 0 Å². The second-order valence-corrected chi connectivity index (χ2v) is 9.14. The zero-order valence-corrected chi connectivity index (χ0v) is 17.0. The van der Waals surface area contributed by atoms with Gasteiger partial charge in [-0.3, -0.25) is 4.79 Å². The van der Waals surface area contributed by atoms with Crippen LogP contribution in [0.3, 0.4) is 0 Å². The monoisotopic (exact) mass is 422 g/mol. The van der Waals surface area contributed by atoms with Crippen LogP contribution in [0.15, 0.2) is 33.1 Å². The molecule has 2 N–H and O–H groups in total. The van der Waals surface area contributed by atoms with E-state index >= 15 is 0 Å². The maximum atomic E-state index is 12.4. The third kappa shape index (κ3) is 4.77. The number of nitrogens with zero attached hydrogens (tertiary/aromatic N) is 4. The number of carbonyl (C=O) groups excluding carboxylic acids is 1. The quantitative estimate of drug-likeness (QED) is 0.551. The van der Waals surface area contributed by atoms with Gasteiger partial charge in [-0.25, -0.2) is 8.42 Å². The van der Waals surface area contributed by atoms with Crippen LogP contribution in [0, 0.1) is 12.8 Å². The van der Waals surface area contributed by atoms with Crippen LogP contribution in [0.2, 0.25) is 0 Å². The fraction of sp³-hybridized carbons (Fsp3) is 0.312. The van der Waals surface area contributed by atoms with Crippen LogP contribution in [-0.4, -0.2) is 34.7 Å². The van der Waals surface area contributed by atoms with Gasteiger partial charge in [-0.1, -0.05) is 54.1 Å². The van der Waals surface area contributed by atoms with Gasteiger partial charge in [0.15, 0.2) is 0 Å². The molecule has 0 spiro atoms. The molecule has 0 atom stereocenters. The third-order valence-electron chi connectivity index (χ3n) is 3.55. The molecule has 0 unspecified atom stereocenters. The van der Waals surface area contributed by atoms with Crippen molar-refractivity contribution in [3.63, 3.8) is 0 Å². The largest absolute Gasteiger partial charge is 0.338 e. The van der Waals surface area contributed by atoms with E-state index in [1.807, 2.05) is 31.2 Å². The lowest BCUT2D eigenvalue weighted by atomic mass is 10.1. The van der Waals surface area contributed by atoms with Gasteiger partial charge in [0.25, 0.3) is 10.0 Å². The van der Waals surface area contributed by atoms with Gasteiger partial charge in [-0.15, -0.1) is 10.2 Å². The van der Waals surface area contributed by atoms with Crippen molar-refractivity contribution in [3.8, 4) is 11.4 Å². The molecule has 2 heterocycles. The number of anilines is 1. The van der Waals surface area contributed by atoms with Gasteiger partial charge in [0.2, 0.25) is 27.1 Å². The van der Waals surface area contributed by atoms with Crippen molar-refractivity contribution in [2.24, 2.45) is 5.92 Å². The Morgan fingerprint density at radius 2 is 2.07 bits per heavy atom. The highest BCUT2D eigenvalue weighted by Crippen LogP contribution is 2.21. The minimum atomic E-state index is -3.94. The van der Waals surface area contributed by atoms with E-state index in [2.05, 4.69) is 30.4 Å². The maximum absolute atomic E-state index is 12.4. The predicted octanol–water partition coefficient (Wildman–Crippen LogP) is 1.97. The van der Waals surface area contributed by atoms with Crippen LogP contribution in [0.25, 0.3) is 11.4 Å². The summed E-state index contributed by atoms with van der Waals surface area (Å²) in [6.07, 6.45) is 0. The second kappa shape index (κ2) is 8.12. The first-order valence-electron chi connectivity index (χ1n) is 8.28. The Morgan fingerprint density at radius 3 is 2.79 bits per heavy atom. The first kappa shape index (κ1) is 20.0. The highest BCUT2D eigenvalue weighted by molar-refractivity contribution is 7.91. The molecular weight excluding hydrogens is 404 g/mol. The van der Waals surface area contributed by atoms with Crippen LogP contribution in [0.5, 0.6) is 0 Å². The third-order valence-corrected chi connectivity index (χ3v) is 6.16. The van der Waals surface area contributed by atoms with Crippen LogP contribution in [-0.2, 0) is 21.4 Å². The Kier molecular flexibility index (Phi) is 5.82. The molecule has 0 radical (unpaired) electrons. The zero-order valence-electron chi connectivity index (χ0n) is 15.3. The zero-order chi connectivity index (χ0) is 20.3. The standard InChI is InChI=1S/C16H18N6O4S2/c1-9(2)14(23)19-15-20-21-16(27-15)28(24,25)17-8-12-18-13(22-26-12)11-6-4-5-10(3)7-11/h4-7,9,17H,8H2,1-3H3,(H,19,20,23). The lowest BCUT2D eigenvalue weighted by Gasteiger charge is -2.02. The van der Waals surface area contributed by atoms with E-state index in [4.69, 9.17) is 4.52 Å². The fourth-order valence-corrected chi connectivity index (χ4v) is 3.98. The molecule has 2 aromatic heterocycles. The number of amides is 1. The van der Waals surface area contributed by atoms with Gasteiger partial charge in [0, 0.05) is 11.5 Å². The van der Waals surface area contributed by atoms with E-state index in [0.29, 0.717) is 5.82 Å². The molecule has 0 aliphatic carbocycles. The minimum absolute atomic E-state index is 0.109. The summed E-state index contributed by atoms with van der Waals surface area (Å²) >= 11 is 0.753. The summed E-state index contributed by atoms with van der Waals surface area (Å²) in [4.78, 5) is 15.8. The molecule has 12 heteroatoms. The van der Waals surface area contributed by atoms with Gasteiger partial charge < -0.3 is 9.84 Å². The predicted molar refractivity (Wildman–Crippen MR) is 102 cm³/mol.